The lowest BCUT2D eigenvalue weighted by Gasteiger charge is -2.22. The Morgan fingerprint density at radius 2 is 2.00 bits per heavy atom. The van der Waals surface area contributed by atoms with Gasteiger partial charge >= 0.3 is 0 Å². The molecule has 1 aliphatic rings. The summed E-state index contributed by atoms with van der Waals surface area (Å²) in [4.78, 5) is 4.47. The molecule has 82 valence electrons. The maximum atomic E-state index is 4.47. The minimum atomic E-state index is 0.511. The van der Waals surface area contributed by atoms with Gasteiger partial charge in [0.2, 0.25) is 0 Å². The summed E-state index contributed by atoms with van der Waals surface area (Å²) in [7, 11) is 0. The standard InChI is InChI=1S/C13H20N2/c1-9-5-6-12(10(2)14-9)15-11(3)13(4)7-8-13/h5-6,11,15H,7-8H2,1-4H3. The first kappa shape index (κ1) is 10.5. The summed E-state index contributed by atoms with van der Waals surface area (Å²) in [6.45, 7) is 8.72. The largest absolute Gasteiger partial charge is 0.381 e. The van der Waals surface area contributed by atoms with Gasteiger partial charge in [-0.15, -0.1) is 0 Å². The zero-order valence-electron chi connectivity index (χ0n) is 10.1. The predicted molar refractivity (Wildman–Crippen MR) is 64.1 cm³/mol. The molecule has 1 aromatic heterocycles. The molecular weight excluding hydrogens is 184 g/mol. The van der Waals surface area contributed by atoms with Crippen LogP contribution in [0.3, 0.4) is 0 Å². The van der Waals surface area contributed by atoms with Crippen LogP contribution in [0.4, 0.5) is 5.69 Å². The summed E-state index contributed by atoms with van der Waals surface area (Å²) in [6, 6.07) is 4.75. The quantitative estimate of drug-likeness (QED) is 0.817. The fraction of sp³-hybridized carbons (Fsp3) is 0.615. The van der Waals surface area contributed by atoms with Gasteiger partial charge in [0.1, 0.15) is 0 Å². The van der Waals surface area contributed by atoms with Gasteiger partial charge in [0, 0.05) is 11.7 Å². The Hall–Kier alpha value is -1.05. The van der Waals surface area contributed by atoms with Gasteiger partial charge in [0.15, 0.2) is 0 Å². The van der Waals surface area contributed by atoms with Crippen LogP contribution in [-0.2, 0) is 0 Å². The molecule has 1 saturated carbocycles. The molecule has 2 rings (SSSR count). The summed E-state index contributed by atoms with van der Waals surface area (Å²) in [6.07, 6.45) is 2.69. The van der Waals surface area contributed by atoms with Crippen molar-refractivity contribution in [3.63, 3.8) is 0 Å². The third-order valence-corrected chi connectivity index (χ3v) is 3.68. The third kappa shape index (κ3) is 2.14. The van der Waals surface area contributed by atoms with Crippen molar-refractivity contribution in [2.75, 3.05) is 5.32 Å². The fourth-order valence-electron chi connectivity index (χ4n) is 1.88. The van der Waals surface area contributed by atoms with Crippen LogP contribution in [-0.4, -0.2) is 11.0 Å². The number of aromatic nitrogens is 1. The first-order valence-electron chi connectivity index (χ1n) is 5.72. The van der Waals surface area contributed by atoms with E-state index in [1.807, 2.05) is 6.92 Å². The van der Waals surface area contributed by atoms with Gasteiger partial charge in [-0.25, -0.2) is 0 Å². The molecule has 1 aromatic rings. The maximum absolute atomic E-state index is 4.47. The molecular formula is C13H20N2. The van der Waals surface area contributed by atoms with Crippen molar-refractivity contribution in [1.82, 2.24) is 4.98 Å². The number of nitrogens with one attached hydrogen (secondary N) is 1. The van der Waals surface area contributed by atoms with E-state index in [0.29, 0.717) is 11.5 Å². The summed E-state index contributed by atoms with van der Waals surface area (Å²) in [5.41, 5.74) is 3.88. The average molecular weight is 204 g/mol. The van der Waals surface area contributed by atoms with Crippen LogP contribution >= 0.6 is 0 Å². The van der Waals surface area contributed by atoms with E-state index in [-0.39, 0.29) is 0 Å². The fourth-order valence-corrected chi connectivity index (χ4v) is 1.88. The van der Waals surface area contributed by atoms with Crippen molar-refractivity contribution in [1.29, 1.82) is 0 Å². The SMILES string of the molecule is Cc1ccc(NC(C)C2(C)CC2)c(C)n1. The molecule has 0 bridgehead atoms. The van der Waals surface area contributed by atoms with Gasteiger partial charge in [0.25, 0.3) is 0 Å². The van der Waals surface area contributed by atoms with E-state index in [1.165, 1.54) is 18.5 Å². The Bertz CT molecular complexity index is 367. The zero-order chi connectivity index (χ0) is 11.1. The van der Waals surface area contributed by atoms with Crippen LogP contribution in [0.15, 0.2) is 12.1 Å². The Kier molecular flexibility index (Phi) is 2.45. The Labute approximate surface area is 92.1 Å². The molecule has 1 heterocycles. The Morgan fingerprint density at radius 3 is 2.53 bits per heavy atom. The summed E-state index contributed by atoms with van der Waals surface area (Å²) in [5.74, 6) is 0. The first-order chi connectivity index (χ1) is 7.01. The number of anilines is 1. The molecule has 0 radical (unpaired) electrons. The lowest BCUT2D eigenvalue weighted by atomic mass is 10.0. The van der Waals surface area contributed by atoms with Crippen LogP contribution in [0, 0.1) is 19.3 Å². The third-order valence-electron chi connectivity index (χ3n) is 3.68. The number of nitrogens with zero attached hydrogens (tertiary/aromatic N) is 1. The molecule has 0 aromatic carbocycles. The van der Waals surface area contributed by atoms with Gasteiger partial charge in [-0.2, -0.15) is 0 Å². The summed E-state index contributed by atoms with van der Waals surface area (Å²) >= 11 is 0. The van der Waals surface area contributed by atoms with Gasteiger partial charge in [-0.1, -0.05) is 6.92 Å². The van der Waals surface area contributed by atoms with Crippen LogP contribution in [0.5, 0.6) is 0 Å². The lowest BCUT2D eigenvalue weighted by Crippen LogP contribution is -2.25. The molecule has 1 aliphatic carbocycles. The second kappa shape index (κ2) is 3.51. The highest BCUT2D eigenvalue weighted by molar-refractivity contribution is 5.49. The van der Waals surface area contributed by atoms with Crippen LogP contribution in [0.25, 0.3) is 0 Å². The number of hydrogen-bond donors (Lipinski definition) is 1. The van der Waals surface area contributed by atoms with Crippen molar-refractivity contribution in [2.45, 2.75) is 46.6 Å². The number of aryl methyl sites for hydroxylation is 2. The smallest absolute Gasteiger partial charge is 0.0606 e. The Morgan fingerprint density at radius 1 is 1.33 bits per heavy atom. The average Bonchev–Trinajstić information content (AvgIpc) is 2.90. The summed E-state index contributed by atoms with van der Waals surface area (Å²) < 4.78 is 0. The van der Waals surface area contributed by atoms with Gasteiger partial charge in [-0.05, 0) is 51.2 Å². The van der Waals surface area contributed by atoms with E-state index in [2.05, 4.69) is 43.2 Å². The maximum Gasteiger partial charge on any atom is 0.0606 e. The molecule has 1 fully saturated rings. The molecule has 15 heavy (non-hydrogen) atoms. The minimum Gasteiger partial charge on any atom is -0.381 e. The van der Waals surface area contributed by atoms with E-state index in [9.17, 15) is 0 Å². The highest BCUT2D eigenvalue weighted by Gasteiger charge is 2.42. The normalized spacial score (nSPS) is 19.7. The predicted octanol–water partition coefficient (Wildman–Crippen LogP) is 3.30. The molecule has 1 N–H and O–H groups in total. The number of rotatable bonds is 3. The first-order valence-corrected chi connectivity index (χ1v) is 5.72. The molecule has 0 aliphatic heterocycles. The molecule has 1 atom stereocenters. The highest BCUT2D eigenvalue weighted by atomic mass is 15.0. The molecule has 0 spiro atoms. The molecule has 2 heteroatoms. The van der Waals surface area contributed by atoms with Crippen molar-refractivity contribution in [3.8, 4) is 0 Å². The van der Waals surface area contributed by atoms with E-state index in [1.54, 1.807) is 0 Å². The van der Waals surface area contributed by atoms with Gasteiger partial charge < -0.3 is 5.32 Å². The second-order valence-electron chi connectivity index (χ2n) is 5.11. The van der Waals surface area contributed by atoms with Gasteiger partial charge in [0.05, 0.1) is 11.4 Å². The van der Waals surface area contributed by atoms with Gasteiger partial charge in [-0.3, -0.25) is 4.98 Å². The molecule has 0 amide bonds. The second-order valence-corrected chi connectivity index (χ2v) is 5.11. The van der Waals surface area contributed by atoms with E-state index >= 15 is 0 Å². The molecule has 0 saturated heterocycles. The lowest BCUT2D eigenvalue weighted by molar-refractivity contribution is 0.493. The van der Waals surface area contributed by atoms with Crippen LogP contribution in [0.2, 0.25) is 0 Å². The molecule has 1 unspecified atom stereocenters. The summed E-state index contributed by atoms with van der Waals surface area (Å²) in [5, 5.41) is 3.58. The van der Waals surface area contributed by atoms with Crippen molar-refractivity contribution in [2.24, 2.45) is 5.41 Å². The Balaban J connectivity index is 2.10. The van der Waals surface area contributed by atoms with E-state index in [4.69, 9.17) is 0 Å². The number of hydrogen-bond acceptors (Lipinski definition) is 2. The zero-order valence-corrected chi connectivity index (χ0v) is 10.1. The van der Waals surface area contributed by atoms with Crippen LogP contribution in [0.1, 0.15) is 38.1 Å². The molecule has 2 nitrogen and oxygen atoms in total. The van der Waals surface area contributed by atoms with Crippen molar-refractivity contribution < 1.29 is 0 Å². The minimum absolute atomic E-state index is 0.511. The van der Waals surface area contributed by atoms with Crippen molar-refractivity contribution >= 4 is 5.69 Å². The number of pyridine rings is 1. The topological polar surface area (TPSA) is 24.9 Å². The van der Waals surface area contributed by atoms with Crippen LogP contribution < -0.4 is 5.32 Å². The highest BCUT2D eigenvalue weighted by Crippen LogP contribution is 2.48. The van der Waals surface area contributed by atoms with Crippen molar-refractivity contribution in [3.05, 3.63) is 23.5 Å². The van der Waals surface area contributed by atoms with E-state index in [0.717, 1.165) is 11.4 Å². The monoisotopic (exact) mass is 204 g/mol. The van der Waals surface area contributed by atoms with E-state index < -0.39 is 0 Å².